The molecule has 2 aliphatic rings. The smallest absolute Gasteiger partial charge is 0.344 e. The third-order valence-electron chi connectivity index (χ3n) is 13.3. The van der Waals surface area contributed by atoms with E-state index < -0.39 is 11.9 Å². The molecule has 298 valence electrons. The molecule has 58 heavy (non-hydrogen) atoms. The molecule has 0 saturated heterocycles. The van der Waals surface area contributed by atoms with E-state index >= 15 is 0 Å². The van der Waals surface area contributed by atoms with Gasteiger partial charge in [-0.15, -0.1) is 0 Å². The van der Waals surface area contributed by atoms with Crippen LogP contribution in [0.2, 0.25) is 0 Å². The summed E-state index contributed by atoms with van der Waals surface area (Å²) in [7, 11) is 0. The number of ether oxygens (including phenoxy) is 2. The molecule has 2 fully saturated rings. The van der Waals surface area contributed by atoms with Gasteiger partial charge in [-0.3, -0.25) is 0 Å². The summed E-state index contributed by atoms with van der Waals surface area (Å²) in [4.78, 5) is 28.7. The van der Waals surface area contributed by atoms with Crippen molar-refractivity contribution in [3.8, 4) is 22.6 Å². The first-order valence-electron chi connectivity index (χ1n) is 22.2. The van der Waals surface area contributed by atoms with Gasteiger partial charge < -0.3 is 9.47 Å². The highest BCUT2D eigenvalue weighted by molar-refractivity contribution is 6.18. The molecule has 0 N–H and O–H groups in total. The lowest BCUT2D eigenvalue weighted by atomic mass is 9.77. The molecular formula is C54H58O4. The fraction of sp³-hybridized carbons (Fsp3) is 0.370. The highest BCUT2D eigenvalue weighted by atomic mass is 16.5. The predicted octanol–water partition coefficient (Wildman–Crippen LogP) is 15.0. The summed E-state index contributed by atoms with van der Waals surface area (Å²) < 4.78 is 12.3. The zero-order valence-electron chi connectivity index (χ0n) is 34.4. The van der Waals surface area contributed by atoms with Crippen LogP contribution in [-0.4, -0.2) is 11.9 Å². The van der Waals surface area contributed by atoms with E-state index in [9.17, 15) is 9.59 Å². The van der Waals surface area contributed by atoms with Crippen molar-refractivity contribution in [2.24, 2.45) is 11.8 Å². The molecule has 4 nitrogen and oxygen atoms in total. The Morgan fingerprint density at radius 2 is 0.845 bits per heavy atom. The number of carbonyl (C=O) groups is 2. The van der Waals surface area contributed by atoms with E-state index in [-0.39, 0.29) is 0 Å². The van der Waals surface area contributed by atoms with E-state index in [0.29, 0.717) is 45.6 Å². The lowest BCUT2D eigenvalue weighted by Crippen LogP contribution is -2.15. The average Bonchev–Trinajstić information content (AvgIpc) is 3.27. The van der Waals surface area contributed by atoms with Crippen molar-refractivity contribution < 1.29 is 19.1 Å². The van der Waals surface area contributed by atoms with E-state index in [4.69, 9.17) is 9.47 Å². The van der Waals surface area contributed by atoms with Crippen LogP contribution in [0.5, 0.6) is 11.5 Å². The lowest BCUT2D eigenvalue weighted by molar-refractivity contribution is 0.0723. The maximum Gasteiger partial charge on any atom is 0.344 e. The van der Waals surface area contributed by atoms with E-state index in [1.54, 1.807) is 0 Å². The molecule has 0 spiro atoms. The highest BCUT2D eigenvalue weighted by Crippen LogP contribution is 2.42. The third kappa shape index (κ3) is 8.92. The first-order chi connectivity index (χ1) is 28.5. The fourth-order valence-corrected chi connectivity index (χ4v) is 9.92. The summed E-state index contributed by atoms with van der Waals surface area (Å²) in [5.74, 6) is 2.91. The van der Waals surface area contributed by atoms with Crippen molar-refractivity contribution in [2.45, 2.75) is 116 Å². The molecule has 6 aromatic carbocycles. The minimum Gasteiger partial charge on any atom is -0.423 e. The molecule has 0 atom stereocenters. The van der Waals surface area contributed by atoms with Crippen molar-refractivity contribution in [3.05, 3.63) is 144 Å². The Morgan fingerprint density at radius 3 is 1.22 bits per heavy atom. The van der Waals surface area contributed by atoms with Gasteiger partial charge in [0.25, 0.3) is 0 Å². The van der Waals surface area contributed by atoms with Crippen molar-refractivity contribution in [2.75, 3.05) is 0 Å². The van der Waals surface area contributed by atoms with Crippen LogP contribution in [0.1, 0.15) is 147 Å². The number of carbonyl (C=O) groups excluding carboxylic acids is 2. The number of rotatable bonds is 13. The number of hydrogen-bond acceptors (Lipinski definition) is 4. The maximum absolute atomic E-state index is 14.4. The summed E-state index contributed by atoms with van der Waals surface area (Å²) in [5.41, 5.74) is 4.75. The molecular weight excluding hydrogens is 713 g/mol. The van der Waals surface area contributed by atoms with Crippen LogP contribution in [0.4, 0.5) is 0 Å². The van der Waals surface area contributed by atoms with E-state index in [2.05, 4.69) is 38.1 Å². The van der Waals surface area contributed by atoms with Crippen molar-refractivity contribution in [1.29, 1.82) is 0 Å². The van der Waals surface area contributed by atoms with Gasteiger partial charge in [-0.2, -0.15) is 0 Å². The molecule has 0 radical (unpaired) electrons. The van der Waals surface area contributed by atoms with Gasteiger partial charge in [-0.05, 0) is 144 Å². The van der Waals surface area contributed by atoms with Gasteiger partial charge >= 0.3 is 11.9 Å². The second-order valence-corrected chi connectivity index (χ2v) is 17.1. The normalized spacial score (nSPS) is 19.6. The first kappa shape index (κ1) is 39.6. The number of hydrogen-bond donors (Lipinski definition) is 0. The fourth-order valence-electron chi connectivity index (χ4n) is 9.92. The van der Waals surface area contributed by atoms with E-state index in [1.807, 2.05) is 97.1 Å². The zero-order chi connectivity index (χ0) is 39.8. The summed E-state index contributed by atoms with van der Waals surface area (Å²) >= 11 is 0. The Balaban J connectivity index is 1.07. The Morgan fingerprint density at radius 1 is 0.466 bits per heavy atom. The minimum atomic E-state index is -0.466. The predicted molar refractivity (Wildman–Crippen MR) is 238 cm³/mol. The monoisotopic (exact) mass is 770 g/mol. The van der Waals surface area contributed by atoms with E-state index in [1.165, 1.54) is 101 Å². The maximum atomic E-state index is 14.4. The van der Waals surface area contributed by atoms with Crippen LogP contribution < -0.4 is 9.47 Å². The van der Waals surface area contributed by atoms with Crippen LogP contribution >= 0.6 is 0 Å². The second kappa shape index (κ2) is 18.6. The Kier molecular flexibility index (Phi) is 12.7. The van der Waals surface area contributed by atoms with Gasteiger partial charge in [-0.25, -0.2) is 9.59 Å². The summed E-state index contributed by atoms with van der Waals surface area (Å²) in [5, 5.41) is 3.65. The number of esters is 2. The summed E-state index contributed by atoms with van der Waals surface area (Å²) in [6.45, 7) is 4.55. The molecule has 0 unspecified atom stereocenters. The van der Waals surface area contributed by atoms with E-state index in [0.717, 1.165) is 33.4 Å². The van der Waals surface area contributed by atoms with Crippen molar-refractivity contribution >= 4 is 33.5 Å². The van der Waals surface area contributed by atoms with Gasteiger partial charge in [0.1, 0.15) is 11.5 Å². The standard InChI is InChI=1S/C54H58O4/c1-3-5-11-37-17-21-39(22-18-37)41-25-31-45(32-26-41)57-53(55)49-35-29-43-13-7-9-15-47(43)51(49)52-48-16-10-8-14-44(48)30-36-50(52)54(56)58-46-33-27-42(28-34-46)40-23-19-38(20-24-40)12-6-4-2/h7-10,13-16,25-40H,3-6,11-12,17-24H2,1-2H3. The van der Waals surface area contributed by atoms with Crippen LogP contribution in [0, 0.1) is 11.8 Å². The van der Waals surface area contributed by atoms with Gasteiger partial charge in [0.2, 0.25) is 0 Å². The molecule has 2 saturated carbocycles. The number of unbranched alkanes of at least 4 members (excludes halogenated alkanes) is 2. The third-order valence-corrected chi connectivity index (χ3v) is 13.3. The SMILES string of the molecule is CCCCC1CCC(c2ccc(OC(=O)c3ccc4ccccc4c3-c3c(C(=O)Oc4ccc(C5CCC(CCCC)CC5)cc4)ccc4ccccc34)cc2)CC1. The van der Waals surface area contributed by atoms with Gasteiger partial charge in [0.05, 0.1) is 11.1 Å². The summed E-state index contributed by atoms with van der Waals surface area (Å²) in [6.07, 6.45) is 17.9. The lowest BCUT2D eigenvalue weighted by Gasteiger charge is -2.28. The van der Waals surface area contributed by atoms with Crippen molar-refractivity contribution in [1.82, 2.24) is 0 Å². The molecule has 0 aromatic heterocycles. The Hall–Kier alpha value is -5.22. The Labute approximate surface area is 345 Å². The molecule has 0 bridgehead atoms. The van der Waals surface area contributed by atoms with Crippen LogP contribution in [0.3, 0.4) is 0 Å². The van der Waals surface area contributed by atoms with Crippen molar-refractivity contribution in [3.63, 3.8) is 0 Å². The zero-order valence-corrected chi connectivity index (χ0v) is 34.4. The molecule has 0 amide bonds. The quantitative estimate of drug-likeness (QED) is 0.0867. The van der Waals surface area contributed by atoms with Gasteiger partial charge in [-0.1, -0.05) is 137 Å². The summed E-state index contributed by atoms with van der Waals surface area (Å²) in [6, 6.07) is 39.8. The first-order valence-corrected chi connectivity index (χ1v) is 22.2. The van der Waals surface area contributed by atoms with Crippen LogP contribution in [-0.2, 0) is 0 Å². The minimum absolute atomic E-state index is 0.396. The number of fused-ring (bicyclic) bond motifs is 2. The molecule has 2 aliphatic carbocycles. The highest BCUT2D eigenvalue weighted by Gasteiger charge is 2.27. The van der Waals surface area contributed by atoms with Gasteiger partial charge in [0.15, 0.2) is 0 Å². The molecule has 0 aliphatic heterocycles. The largest absolute Gasteiger partial charge is 0.423 e. The van der Waals surface area contributed by atoms with Crippen LogP contribution in [0.15, 0.2) is 121 Å². The molecule has 8 rings (SSSR count). The Bertz CT molecular complexity index is 2160. The molecule has 6 aromatic rings. The van der Waals surface area contributed by atoms with Gasteiger partial charge in [0, 0.05) is 11.1 Å². The second-order valence-electron chi connectivity index (χ2n) is 17.1. The number of benzene rings is 6. The average molecular weight is 771 g/mol. The van der Waals surface area contributed by atoms with Crippen LogP contribution in [0.25, 0.3) is 32.7 Å². The molecule has 0 heterocycles. The topological polar surface area (TPSA) is 52.6 Å². The molecule has 4 heteroatoms.